The highest BCUT2D eigenvalue weighted by atomic mass is 16.1. The fraction of sp³-hybridized carbons (Fsp3) is 0.280. The minimum Gasteiger partial charge on any atom is -0.320 e. The zero-order valence-corrected chi connectivity index (χ0v) is 17.6. The van der Waals surface area contributed by atoms with E-state index in [9.17, 15) is 14.4 Å². The number of anilines is 1. The molecule has 0 aliphatic heterocycles. The summed E-state index contributed by atoms with van der Waals surface area (Å²) in [4.78, 5) is 41.0. The molecule has 5 nitrogen and oxygen atoms in total. The summed E-state index contributed by atoms with van der Waals surface area (Å²) < 4.78 is 0. The molecule has 1 N–H and O–H groups in total. The van der Waals surface area contributed by atoms with Crippen LogP contribution in [-0.2, 0) is 22.4 Å². The van der Waals surface area contributed by atoms with E-state index in [-0.39, 0.29) is 17.5 Å². The smallest absolute Gasteiger partial charge is 0.256 e. The number of hydrogen-bond donors (Lipinski definition) is 1. The molecule has 0 atom stereocenters. The van der Waals surface area contributed by atoms with E-state index in [1.165, 1.54) is 0 Å². The zero-order chi connectivity index (χ0) is 21.7. The Bertz CT molecular complexity index is 1110. The molecule has 3 rings (SSSR count). The normalized spacial score (nSPS) is 10.8. The summed E-state index contributed by atoms with van der Waals surface area (Å²) in [5.41, 5.74) is 4.55. The van der Waals surface area contributed by atoms with Gasteiger partial charge in [-0.3, -0.25) is 9.78 Å². The molecule has 1 heterocycles. The number of pyridine rings is 1. The highest BCUT2D eigenvalue weighted by Crippen LogP contribution is 2.26. The molecule has 0 saturated heterocycles. The third-order valence-corrected chi connectivity index (χ3v) is 5.21. The summed E-state index contributed by atoms with van der Waals surface area (Å²) in [6.07, 6.45) is 3.41. The van der Waals surface area contributed by atoms with Crippen LogP contribution in [0.1, 0.15) is 53.7 Å². The Balaban J connectivity index is 2.03. The van der Waals surface area contributed by atoms with E-state index in [0.717, 1.165) is 27.6 Å². The van der Waals surface area contributed by atoms with Gasteiger partial charge in [-0.25, -0.2) is 0 Å². The first kappa shape index (κ1) is 21.4. The molecule has 0 radical (unpaired) electrons. The van der Waals surface area contributed by atoms with E-state index in [2.05, 4.69) is 10.3 Å². The number of fused-ring (bicyclic) bond motifs is 1. The Kier molecular flexibility index (Phi) is 6.72. The van der Waals surface area contributed by atoms with Crippen LogP contribution in [0.25, 0.3) is 10.9 Å². The highest BCUT2D eigenvalue weighted by molar-refractivity contribution is 6.10. The Labute approximate surface area is 176 Å². The van der Waals surface area contributed by atoms with E-state index in [0.29, 0.717) is 36.9 Å². The Hall–Kier alpha value is -3.34. The van der Waals surface area contributed by atoms with Crippen molar-refractivity contribution in [3.63, 3.8) is 0 Å². The van der Waals surface area contributed by atoms with Gasteiger partial charge in [0.25, 0.3) is 5.91 Å². The Morgan fingerprint density at radius 1 is 0.900 bits per heavy atom. The molecule has 2 aromatic carbocycles. The molecule has 3 aromatic rings. The first-order valence-corrected chi connectivity index (χ1v) is 10.1. The fourth-order valence-electron chi connectivity index (χ4n) is 3.62. The number of carbonyl (C=O) groups is 3. The summed E-state index contributed by atoms with van der Waals surface area (Å²) in [5, 5.41) is 3.95. The average Bonchev–Trinajstić information content (AvgIpc) is 2.71. The summed E-state index contributed by atoms with van der Waals surface area (Å²) in [6, 6.07) is 13.3. The topological polar surface area (TPSA) is 76.1 Å². The van der Waals surface area contributed by atoms with Crippen molar-refractivity contribution in [2.24, 2.45) is 0 Å². The minimum atomic E-state index is -0.242. The van der Waals surface area contributed by atoms with Crippen molar-refractivity contribution in [1.29, 1.82) is 0 Å². The van der Waals surface area contributed by atoms with Crippen molar-refractivity contribution in [3.05, 3.63) is 70.9 Å². The number of carbonyl (C=O) groups excluding carboxylic acids is 3. The summed E-state index contributed by atoms with van der Waals surface area (Å²) in [6.45, 7) is 5.04. The lowest BCUT2D eigenvalue weighted by Crippen LogP contribution is -2.19. The lowest BCUT2D eigenvalue weighted by molar-refractivity contribution is -0.117. The van der Waals surface area contributed by atoms with Crippen molar-refractivity contribution >= 4 is 34.1 Å². The number of benzene rings is 2. The van der Waals surface area contributed by atoms with Gasteiger partial charge >= 0.3 is 0 Å². The predicted molar refractivity (Wildman–Crippen MR) is 119 cm³/mol. The van der Waals surface area contributed by atoms with Crippen molar-refractivity contribution in [2.75, 3.05) is 5.32 Å². The van der Waals surface area contributed by atoms with Crippen LogP contribution < -0.4 is 5.32 Å². The molecule has 1 aromatic heterocycles. The van der Waals surface area contributed by atoms with Gasteiger partial charge in [-0.1, -0.05) is 30.3 Å². The zero-order valence-electron chi connectivity index (χ0n) is 17.6. The number of hydrogen-bond acceptors (Lipinski definition) is 4. The number of nitrogens with one attached hydrogen (secondary N) is 1. The average molecular weight is 402 g/mol. The first-order chi connectivity index (χ1) is 14.4. The van der Waals surface area contributed by atoms with E-state index < -0.39 is 0 Å². The minimum absolute atomic E-state index is 0.0745. The van der Waals surface area contributed by atoms with E-state index >= 15 is 0 Å². The van der Waals surface area contributed by atoms with E-state index in [1.807, 2.05) is 49.4 Å². The van der Waals surface area contributed by atoms with Gasteiger partial charge in [-0.2, -0.15) is 0 Å². The third kappa shape index (κ3) is 4.98. The van der Waals surface area contributed by atoms with E-state index in [1.54, 1.807) is 20.0 Å². The molecule has 0 unspecified atom stereocenters. The summed E-state index contributed by atoms with van der Waals surface area (Å²) >= 11 is 0. The van der Waals surface area contributed by atoms with Crippen LogP contribution >= 0.6 is 0 Å². The Morgan fingerprint density at radius 2 is 1.60 bits per heavy atom. The first-order valence-electron chi connectivity index (χ1n) is 10.1. The maximum absolute atomic E-state index is 13.4. The number of aryl methyl sites for hydroxylation is 2. The van der Waals surface area contributed by atoms with Crippen molar-refractivity contribution in [2.45, 2.75) is 46.5 Å². The highest BCUT2D eigenvalue weighted by Gasteiger charge is 2.20. The summed E-state index contributed by atoms with van der Waals surface area (Å²) in [5.74, 6) is -0.0902. The van der Waals surface area contributed by atoms with Gasteiger partial charge in [0, 0.05) is 30.0 Å². The third-order valence-electron chi connectivity index (χ3n) is 5.21. The van der Waals surface area contributed by atoms with Crippen molar-refractivity contribution < 1.29 is 14.4 Å². The van der Waals surface area contributed by atoms with E-state index in [4.69, 9.17) is 0 Å². The molecule has 1 amide bonds. The number of Topliss-reactive ketones (excluding diaryl/α,β-unsaturated/α-hetero) is 2. The maximum atomic E-state index is 13.4. The number of rotatable bonds is 8. The molecule has 154 valence electrons. The van der Waals surface area contributed by atoms with Crippen LogP contribution in [0, 0.1) is 6.92 Å². The van der Waals surface area contributed by atoms with Crippen LogP contribution in [0.15, 0.2) is 48.7 Å². The number of para-hydroxylation sites is 1. The second-order valence-electron chi connectivity index (χ2n) is 7.63. The molecule has 0 aliphatic carbocycles. The van der Waals surface area contributed by atoms with Crippen molar-refractivity contribution in [3.8, 4) is 0 Å². The van der Waals surface area contributed by atoms with Crippen molar-refractivity contribution in [1.82, 2.24) is 4.98 Å². The van der Waals surface area contributed by atoms with Crippen LogP contribution in [0.5, 0.6) is 0 Å². The second-order valence-corrected chi connectivity index (χ2v) is 7.63. The molecular formula is C25H26N2O3. The van der Waals surface area contributed by atoms with Gasteiger partial charge in [0.2, 0.25) is 0 Å². The van der Waals surface area contributed by atoms with Crippen LogP contribution in [0.4, 0.5) is 5.69 Å². The second kappa shape index (κ2) is 9.44. The largest absolute Gasteiger partial charge is 0.320 e. The predicted octanol–water partition coefficient (Wildman–Crippen LogP) is 4.84. The number of amides is 1. The number of aromatic nitrogens is 1. The van der Waals surface area contributed by atoms with Gasteiger partial charge in [-0.05, 0) is 62.4 Å². The SMILES string of the molecule is CC(=O)CCc1ccc(C)c(CCC(C)=O)c1C(=O)Nc1cccc2cccnc12. The molecule has 0 spiro atoms. The quantitative estimate of drug-likeness (QED) is 0.585. The molecule has 0 aliphatic rings. The molecule has 5 heteroatoms. The lowest BCUT2D eigenvalue weighted by Gasteiger charge is -2.17. The van der Waals surface area contributed by atoms with Gasteiger partial charge in [0.15, 0.2) is 0 Å². The molecular weight excluding hydrogens is 376 g/mol. The van der Waals surface area contributed by atoms with Gasteiger partial charge in [0.05, 0.1) is 11.2 Å². The maximum Gasteiger partial charge on any atom is 0.256 e. The number of nitrogens with zero attached hydrogens (tertiary/aromatic N) is 1. The Morgan fingerprint density at radius 3 is 2.33 bits per heavy atom. The molecule has 0 bridgehead atoms. The van der Waals surface area contributed by atoms with Crippen LogP contribution in [0.2, 0.25) is 0 Å². The lowest BCUT2D eigenvalue weighted by atomic mass is 9.90. The van der Waals surface area contributed by atoms with Gasteiger partial charge in [0.1, 0.15) is 11.6 Å². The number of ketones is 2. The molecule has 30 heavy (non-hydrogen) atoms. The van der Waals surface area contributed by atoms with Crippen LogP contribution in [-0.4, -0.2) is 22.5 Å². The van der Waals surface area contributed by atoms with Crippen LogP contribution in [0.3, 0.4) is 0 Å². The summed E-state index contributed by atoms with van der Waals surface area (Å²) in [7, 11) is 0. The molecule has 0 saturated carbocycles. The standard InChI is InChI=1S/C25H26N2O3/c1-16-9-12-19(13-10-17(2)28)23(21(16)14-11-18(3)29)25(30)27-22-8-4-6-20-7-5-15-26-24(20)22/h4-9,12,15H,10-11,13-14H2,1-3H3,(H,27,30). The monoisotopic (exact) mass is 402 g/mol. The van der Waals surface area contributed by atoms with Gasteiger partial charge in [-0.15, -0.1) is 0 Å². The fourth-order valence-corrected chi connectivity index (χ4v) is 3.62. The van der Waals surface area contributed by atoms with Gasteiger partial charge < -0.3 is 14.9 Å². The molecule has 0 fully saturated rings.